The Hall–Kier alpha value is -3.79. The zero-order valence-electron chi connectivity index (χ0n) is 22.5. The molecule has 208 valence electrons. The van der Waals surface area contributed by atoms with Crippen LogP contribution in [0.5, 0.6) is 0 Å². The molecule has 0 aliphatic heterocycles. The molecule has 4 aromatic rings. The first-order chi connectivity index (χ1) is 19.2. The zero-order valence-corrected chi connectivity index (χ0v) is 23.3. The van der Waals surface area contributed by atoms with Crippen molar-refractivity contribution in [1.29, 1.82) is 0 Å². The molecule has 5 rings (SSSR count). The van der Waals surface area contributed by atoms with Gasteiger partial charge in [0.25, 0.3) is 0 Å². The van der Waals surface area contributed by atoms with E-state index < -0.39 is 27.4 Å². The number of aryl methyl sites for hydroxylation is 1. The highest BCUT2D eigenvalue weighted by atomic mass is 32.2. The molecule has 1 aliphatic rings. The van der Waals surface area contributed by atoms with E-state index in [2.05, 4.69) is 9.88 Å². The highest BCUT2D eigenvalue weighted by Gasteiger charge is 2.52. The maximum atomic E-state index is 12.6. The number of aromatic nitrogens is 1. The minimum atomic E-state index is -3.61. The topological polar surface area (TPSA) is 119 Å². The molecule has 0 radical (unpaired) electrons. The van der Waals surface area contributed by atoms with E-state index in [0.717, 1.165) is 34.9 Å². The summed E-state index contributed by atoms with van der Waals surface area (Å²) in [7, 11) is -3.61. The molecular weight excluding hydrogens is 528 g/mol. The average Bonchev–Trinajstić information content (AvgIpc) is 3.67. The number of nitrogens with zero attached hydrogens (tertiary/aromatic N) is 1. The number of aliphatic hydroxyl groups is 1. The standard InChI is InChI=1S/C31H32N2O6S/c1-21-28(27(34)20-38-19-16-22-6-4-3-5-7-22)29(39-32-21)25-10-8-23(9-11-25)24-12-14-26(15-13-24)31(17-18-31)30(35)33-40(2,36)37/h3-15,27,34H,16-20H2,1-2H3,(H,33,35)/t27-/m0/s1. The van der Waals surface area contributed by atoms with Gasteiger partial charge in [-0.3, -0.25) is 9.52 Å². The number of ether oxygens (including phenoxy) is 1. The highest BCUT2D eigenvalue weighted by Crippen LogP contribution is 2.48. The van der Waals surface area contributed by atoms with Crippen LogP contribution in [-0.4, -0.2) is 44.1 Å². The van der Waals surface area contributed by atoms with Gasteiger partial charge < -0.3 is 14.4 Å². The molecule has 3 aromatic carbocycles. The van der Waals surface area contributed by atoms with Gasteiger partial charge in [-0.1, -0.05) is 84.0 Å². The number of hydrogen-bond acceptors (Lipinski definition) is 7. The second-order valence-electron chi connectivity index (χ2n) is 10.3. The summed E-state index contributed by atoms with van der Waals surface area (Å²) in [6.45, 7) is 2.43. The molecule has 1 fully saturated rings. The molecule has 0 saturated heterocycles. The fraction of sp³-hybridized carbons (Fsp3) is 0.290. The lowest BCUT2D eigenvalue weighted by Gasteiger charge is -2.15. The summed E-state index contributed by atoms with van der Waals surface area (Å²) in [4.78, 5) is 12.6. The highest BCUT2D eigenvalue weighted by molar-refractivity contribution is 7.89. The molecule has 40 heavy (non-hydrogen) atoms. The molecule has 1 heterocycles. The number of carbonyl (C=O) groups is 1. The molecule has 1 atom stereocenters. The van der Waals surface area contributed by atoms with Crippen molar-refractivity contribution in [3.8, 4) is 22.5 Å². The first-order valence-electron chi connectivity index (χ1n) is 13.2. The quantitative estimate of drug-likeness (QED) is 0.255. The summed E-state index contributed by atoms with van der Waals surface area (Å²) in [5, 5.41) is 15.0. The third-order valence-corrected chi connectivity index (χ3v) is 7.83. The van der Waals surface area contributed by atoms with E-state index in [9.17, 15) is 18.3 Å². The SMILES string of the molecule is Cc1noc(-c2ccc(-c3ccc(C4(C(=O)NS(C)(=O)=O)CC4)cc3)cc2)c1[C@@H](O)COCCc1ccccc1. The van der Waals surface area contributed by atoms with Gasteiger partial charge >= 0.3 is 0 Å². The van der Waals surface area contributed by atoms with E-state index >= 15 is 0 Å². The number of rotatable bonds is 11. The number of aliphatic hydroxyl groups excluding tert-OH is 1. The van der Waals surface area contributed by atoms with E-state index in [-0.39, 0.29) is 6.61 Å². The molecule has 1 amide bonds. The summed E-state index contributed by atoms with van der Waals surface area (Å²) in [6.07, 6.45) is 2.11. The Morgan fingerprint density at radius 3 is 2.20 bits per heavy atom. The normalized spacial score (nSPS) is 15.0. The lowest BCUT2D eigenvalue weighted by Crippen LogP contribution is -2.38. The zero-order chi connectivity index (χ0) is 28.3. The van der Waals surface area contributed by atoms with Crippen LogP contribution in [0.4, 0.5) is 0 Å². The van der Waals surface area contributed by atoms with Crippen LogP contribution in [0, 0.1) is 6.92 Å². The van der Waals surface area contributed by atoms with Crippen LogP contribution in [0.3, 0.4) is 0 Å². The summed E-state index contributed by atoms with van der Waals surface area (Å²) < 4.78 is 36.5. The smallest absolute Gasteiger partial charge is 0.244 e. The van der Waals surface area contributed by atoms with E-state index in [4.69, 9.17) is 9.26 Å². The molecule has 9 heteroatoms. The van der Waals surface area contributed by atoms with Gasteiger partial charge in [0, 0.05) is 5.56 Å². The number of sulfonamides is 1. The summed E-state index contributed by atoms with van der Waals surface area (Å²) >= 11 is 0. The van der Waals surface area contributed by atoms with Crippen molar-refractivity contribution in [1.82, 2.24) is 9.88 Å². The number of hydrogen-bond donors (Lipinski definition) is 2. The van der Waals surface area contributed by atoms with Crippen molar-refractivity contribution in [2.24, 2.45) is 0 Å². The van der Waals surface area contributed by atoms with Crippen molar-refractivity contribution in [3.05, 3.63) is 101 Å². The van der Waals surface area contributed by atoms with Crippen LogP contribution >= 0.6 is 0 Å². The van der Waals surface area contributed by atoms with Gasteiger partial charge in [0.1, 0.15) is 6.10 Å². The molecule has 0 spiro atoms. The minimum Gasteiger partial charge on any atom is -0.386 e. The van der Waals surface area contributed by atoms with Crippen LogP contribution in [-0.2, 0) is 31.4 Å². The Morgan fingerprint density at radius 1 is 1.00 bits per heavy atom. The van der Waals surface area contributed by atoms with Gasteiger partial charge in [-0.2, -0.15) is 0 Å². The van der Waals surface area contributed by atoms with Crippen LogP contribution in [0.15, 0.2) is 83.4 Å². The summed E-state index contributed by atoms with van der Waals surface area (Å²) in [5.41, 5.74) is 5.13. The fourth-order valence-corrected chi connectivity index (χ4v) is 5.46. The van der Waals surface area contributed by atoms with Crippen molar-refractivity contribution in [3.63, 3.8) is 0 Å². The molecular formula is C31H32N2O6S. The van der Waals surface area contributed by atoms with Crippen LogP contribution in [0.2, 0.25) is 0 Å². The number of nitrogens with one attached hydrogen (secondary N) is 1. The van der Waals surface area contributed by atoms with Gasteiger partial charge in [0.05, 0.1) is 36.1 Å². The Labute approximate surface area is 234 Å². The lowest BCUT2D eigenvalue weighted by atomic mass is 9.93. The lowest BCUT2D eigenvalue weighted by molar-refractivity contribution is -0.121. The Morgan fingerprint density at radius 2 is 1.60 bits per heavy atom. The third-order valence-electron chi connectivity index (χ3n) is 7.28. The Bertz CT molecular complexity index is 1580. The van der Waals surface area contributed by atoms with Crippen molar-refractivity contribution < 1.29 is 27.6 Å². The maximum Gasteiger partial charge on any atom is 0.244 e. The number of carbonyl (C=O) groups excluding carboxylic acids is 1. The molecule has 2 N–H and O–H groups in total. The summed E-state index contributed by atoms with van der Waals surface area (Å²) in [6, 6.07) is 25.4. The second kappa shape index (κ2) is 11.4. The monoisotopic (exact) mass is 560 g/mol. The molecule has 1 aromatic heterocycles. The Kier molecular flexibility index (Phi) is 7.89. The predicted octanol–water partition coefficient (Wildman–Crippen LogP) is 4.72. The van der Waals surface area contributed by atoms with Crippen LogP contribution in [0.1, 0.15) is 41.3 Å². The molecule has 8 nitrogen and oxygen atoms in total. The van der Waals surface area contributed by atoms with Crippen molar-refractivity contribution in [2.75, 3.05) is 19.5 Å². The molecule has 0 bridgehead atoms. The van der Waals surface area contributed by atoms with Gasteiger partial charge in [0.15, 0.2) is 5.76 Å². The van der Waals surface area contributed by atoms with Gasteiger partial charge in [-0.05, 0) is 48.4 Å². The summed E-state index contributed by atoms with van der Waals surface area (Å²) in [5.74, 6) is 0.0279. The number of benzene rings is 3. The molecule has 0 unspecified atom stereocenters. The van der Waals surface area contributed by atoms with Crippen LogP contribution in [0.25, 0.3) is 22.5 Å². The fourth-order valence-electron chi connectivity index (χ4n) is 4.92. The van der Waals surface area contributed by atoms with E-state index in [1.54, 1.807) is 6.92 Å². The van der Waals surface area contributed by atoms with Gasteiger partial charge in [-0.25, -0.2) is 8.42 Å². The predicted molar refractivity (Wildman–Crippen MR) is 152 cm³/mol. The van der Waals surface area contributed by atoms with Crippen molar-refractivity contribution in [2.45, 2.75) is 37.7 Å². The largest absolute Gasteiger partial charge is 0.386 e. The average molecular weight is 561 g/mol. The van der Waals surface area contributed by atoms with E-state index in [0.29, 0.717) is 36.5 Å². The molecule has 1 aliphatic carbocycles. The first kappa shape index (κ1) is 27.8. The van der Waals surface area contributed by atoms with Gasteiger partial charge in [-0.15, -0.1) is 0 Å². The molecule has 1 saturated carbocycles. The Balaban J connectivity index is 1.25. The van der Waals surface area contributed by atoms with E-state index in [1.807, 2.05) is 78.9 Å². The maximum absolute atomic E-state index is 12.6. The van der Waals surface area contributed by atoms with Crippen LogP contribution < -0.4 is 4.72 Å². The first-order valence-corrected chi connectivity index (χ1v) is 15.0. The minimum absolute atomic E-state index is 0.135. The van der Waals surface area contributed by atoms with E-state index in [1.165, 1.54) is 5.56 Å². The third kappa shape index (κ3) is 6.17. The second-order valence-corrected chi connectivity index (χ2v) is 12.0. The number of amides is 1. The van der Waals surface area contributed by atoms with Crippen molar-refractivity contribution >= 4 is 15.9 Å². The van der Waals surface area contributed by atoms with Gasteiger partial charge in [0.2, 0.25) is 15.9 Å².